The minimum atomic E-state index is -0.620. The fraction of sp³-hybridized carbons (Fsp3) is 0.158. The van der Waals surface area contributed by atoms with Crippen molar-refractivity contribution in [1.82, 2.24) is 4.98 Å². The maximum absolute atomic E-state index is 12.4. The summed E-state index contributed by atoms with van der Waals surface area (Å²) in [6, 6.07) is 12.1. The molecule has 0 unspecified atom stereocenters. The predicted octanol–water partition coefficient (Wildman–Crippen LogP) is 3.22. The number of hydrogen-bond donors (Lipinski definition) is 1. The second-order valence-corrected chi connectivity index (χ2v) is 5.35. The summed E-state index contributed by atoms with van der Waals surface area (Å²) in [5.74, 6) is 0.0366. The molecule has 128 valence electrons. The van der Waals surface area contributed by atoms with Crippen LogP contribution in [0.2, 0.25) is 0 Å². The van der Waals surface area contributed by atoms with Gasteiger partial charge in [-0.2, -0.15) is 0 Å². The van der Waals surface area contributed by atoms with Crippen LogP contribution < -0.4 is 9.47 Å². The molecule has 0 saturated heterocycles. The molecule has 1 heterocycles. The number of H-pyrrole nitrogens is 1. The molecule has 0 saturated carbocycles. The molecule has 2 aromatic carbocycles. The fourth-order valence-corrected chi connectivity index (χ4v) is 2.52. The Hall–Kier alpha value is -3.28. The van der Waals surface area contributed by atoms with Crippen LogP contribution in [0.3, 0.4) is 0 Å². The average Bonchev–Trinajstić information content (AvgIpc) is 3.09. The first-order valence-electron chi connectivity index (χ1n) is 7.62. The molecule has 0 radical (unpaired) electrons. The number of esters is 1. The van der Waals surface area contributed by atoms with E-state index in [9.17, 15) is 9.59 Å². The summed E-state index contributed by atoms with van der Waals surface area (Å²) in [5, 5.41) is 0.798. The van der Waals surface area contributed by atoms with E-state index < -0.39 is 5.97 Å². The zero-order valence-corrected chi connectivity index (χ0v) is 13.9. The van der Waals surface area contributed by atoms with Gasteiger partial charge in [-0.05, 0) is 18.2 Å². The van der Waals surface area contributed by atoms with Crippen molar-refractivity contribution >= 4 is 22.7 Å². The number of hydrogen-bond acceptors (Lipinski definition) is 5. The van der Waals surface area contributed by atoms with Crippen LogP contribution in [0.4, 0.5) is 0 Å². The van der Waals surface area contributed by atoms with Gasteiger partial charge >= 0.3 is 5.97 Å². The van der Waals surface area contributed by atoms with E-state index in [1.807, 2.05) is 24.3 Å². The van der Waals surface area contributed by atoms with E-state index in [2.05, 4.69) is 4.98 Å². The van der Waals surface area contributed by atoms with Gasteiger partial charge in [0.25, 0.3) is 0 Å². The van der Waals surface area contributed by atoms with E-state index in [4.69, 9.17) is 14.2 Å². The van der Waals surface area contributed by atoms with Crippen LogP contribution in [0.5, 0.6) is 11.5 Å². The van der Waals surface area contributed by atoms with Gasteiger partial charge in [-0.1, -0.05) is 18.2 Å². The number of aromatic amines is 1. The first-order valence-corrected chi connectivity index (χ1v) is 7.62. The predicted molar refractivity (Wildman–Crippen MR) is 92.5 cm³/mol. The van der Waals surface area contributed by atoms with Crippen LogP contribution in [0, 0.1) is 0 Å². The molecule has 6 nitrogen and oxygen atoms in total. The summed E-state index contributed by atoms with van der Waals surface area (Å²) >= 11 is 0. The van der Waals surface area contributed by atoms with Gasteiger partial charge in [0.05, 0.1) is 19.8 Å². The number of para-hydroxylation sites is 1. The normalized spacial score (nSPS) is 10.5. The van der Waals surface area contributed by atoms with Crippen molar-refractivity contribution in [2.75, 3.05) is 20.8 Å². The Labute approximate surface area is 144 Å². The van der Waals surface area contributed by atoms with Crippen molar-refractivity contribution in [3.8, 4) is 11.5 Å². The smallest absolute Gasteiger partial charge is 0.338 e. The van der Waals surface area contributed by atoms with Gasteiger partial charge in [-0.15, -0.1) is 0 Å². The van der Waals surface area contributed by atoms with Crippen molar-refractivity contribution in [1.29, 1.82) is 0 Å². The Kier molecular flexibility index (Phi) is 4.70. The standard InChI is InChI=1S/C19H17NO5/c1-23-13-7-12(8-14(9-13)24-2)19(22)25-11-18(21)16-10-20-17-6-4-3-5-15(16)17/h3-10,20H,11H2,1-2H3. The first kappa shape index (κ1) is 16.6. The molecular formula is C19H17NO5. The summed E-state index contributed by atoms with van der Waals surface area (Å²) < 4.78 is 15.4. The zero-order valence-electron chi connectivity index (χ0n) is 13.9. The number of fused-ring (bicyclic) bond motifs is 1. The van der Waals surface area contributed by atoms with E-state index in [1.165, 1.54) is 26.4 Å². The van der Waals surface area contributed by atoms with Crippen LogP contribution in [0.1, 0.15) is 20.7 Å². The Morgan fingerprint density at radius 2 is 1.68 bits per heavy atom. The highest BCUT2D eigenvalue weighted by Gasteiger charge is 2.16. The Morgan fingerprint density at radius 1 is 1.00 bits per heavy atom. The SMILES string of the molecule is COc1cc(OC)cc(C(=O)OCC(=O)c2c[nH]c3ccccc23)c1. The number of nitrogens with one attached hydrogen (secondary N) is 1. The third-order valence-corrected chi connectivity index (χ3v) is 3.81. The molecule has 1 N–H and O–H groups in total. The molecule has 0 aliphatic carbocycles. The molecule has 0 atom stereocenters. The minimum absolute atomic E-state index is 0.253. The van der Waals surface area contributed by atoms with E-state index in [0.29, 0.717) is 17.1 Å². The Balaban J connectivity index is 1.73. The lowest BCUT2D eigenvalue weighted by atomic mass is 10.1. The number of rotatable bonds is 6. The summed E-state index contributed by atoms with van der Waals surface area (Å²) in [6.07, 6.45) is 1.62. The minimum Gasteiger partial charge on any atom is -0.497 e. The number of carbonyl (C=O) groups is 2. The van der Waals surface area contributed by atoms with Gasteiger partial charge in [-0.3, -0.25) is 4.79 Å². The van der Waals surface area contributed by atoms with E-state index >= 15 is 0 Å². The molecule has 1 aromatic heterocycles. The lowest BCUT2D eigenvalue weighted by molar-refractivity contribution is 0.0474. The molecule has 0 amide bonds. The number of ether oxygens (including phenoxy) is 3. The second kappa shape index (κ2) is 7.09. The highest BCUT2D eigenvalue weighted by atomic mass is 16.5. The van der Waals surface area contributed by atoms with Crippen molar-refractivity contribution in [2.24, 2.45) is 0 Å². The van der Waals surface area contributed by atoms with Gasteiger partial charge in [0.15, 0.2) is 6.61 Å². The number of aromatic nitrogens is 1. The molecule has 6 heteroatoms. The molecule has 0 spiro atoms. The van der Waals surface area contributed by atoms with Crippen LogP contribution in [0.25, 0.3) is 10.9 Å². The van der Waals surface area contributed by atoms with Crippen LogP contribution in [-0.4, -0.2) is 37.6 Å². The zero-order chi connectivity index (χ0) is 17.8. The summed E-state index contributed by atoms with van der Waals surface area (Å²) in [5.41, 5.74) is 1.60. The molecular weight excluding hydrogens is 322 g/mol. The molecule has 3 aromatic rings. The Bertz CT molecular complexity index is 906. The maximum atomic E-state index is 12.4. The van der Waals surface area contributed by atoms with Gasteiger partial charge < -0.3 is 19.2 Å². The lowest BCUT2D eigenvalue weighted by Gasteiger charge is -2.08. The lowest BCUT2D eigenvalue weighted by Crippen LogP contribution is -2.14. The summed E-state index contributed by atoms with van der Waals surface area (Å²) in [7, 11) is 2.98. The van der Waals surface area contributed by atoms with Gasteiger partial charge in [0.1, 0.15) is 11.5 Å². The highest BCUT2D eigenvalue weighted by molar-refractivity contribution is 6.09. The number of methoxy groups -OCH3 is 2. The monoisotopic (exact) mass is 339 g/mol. The maximum Gasteiger partial charge on any atom is 0.338 e. The molecule has 25 heavy (non-hydrogen) atoms. The van der Waals surface area contributed by atoms with Gasteiger partial charge in [0.2, 0.25) is 5.78 Å². The number of ketones is 1. The Morgan fingerprint density at radius 3 is 2.36 bits per heavy atom. The van der Waals surface area contributed by atoms with Gasteiger partial charge in [-0.25, -0.2) is 4.79 Å². The van der Waals surface area contributed by atoms with Crippen LogP contribution in [-0.2, 0) is 4.74 Å². The molecule has 0 fully saturated rings. The van der Waals surface area contributed by atoms with Crippen molar-refractivity contribution in [3.05, 3.63) is 59.8 Å². The first-order chi connectivity index (χ1) is 12.1. The molecule has 3 rings (SSSR count). The van der Waals surface area contributed by atoms with Crippen molar-refractivity contribution < 1.29 is 23.8 Å². The second-order valence-electron chi connectivity index (χ2n) is 5.35. The largest absolute Gasteiger partial charge is 0.497 e. The van der Waals surface area contributed by atoms with Crippen molar-refractivity contribution in [2.45, 2.75) is 0 Å². The van der Waals surface area contributed by atoms with E-state index in [-0.39, 0.29) is 18.0 Å². The van der Waals surface area contributed by atoms with Crippen LogP contribution >= 0.6 is 0 Å². The number of carbonyl (C=O) groups excluding carboxylic acids is 2. The average molecular weight is 339 g/mol. The highest BCUT2D eigenvalue weighted by Crippen LogP contribution is 2.23. The number of Topliss-reactive ketones (excluding diaryl/α,β-unsaturated/α-hetero) is 1. The third-order valence-electron chi connectivity index (χ3n) is 3.81. The topological polar surface area (TPSA) is 77.6 Å². The van der Waals surface area contributed by atoms with E-state index in [1.54, 1.807) is 12.3 Å². The number of benzene rings is 2. The fourth-order valence-electron chi connectivity index (χ4n) is 2.52. The van der Waals surface area contributed by atoms with Gasteiger partial charge in [0, 0.05) is 28.7 Å². The molecule has 0 aliphatic rings. The quantitative estimate of drug-likeness (QED) is 0.551. The van der Waals surface area contributed by atoms with Crippen molar-refractivity contribution in [3.63, 3.8) is 0 Å². The third kappa shape index (κ3) is 3.47. The molecule has 0 aliphatic heterocycles. The van der Waals surface area contributed by atoms with E-state index in [0.717, 1.165) is 10.9 Å². The molecule has 0 bridgehead atoms. The van der Waals surface area contributed by atoms with Crippen LogP contribution in [0.15, 0.2) is 48.7 Å². The summed E-state index contributed by atoms with van der Waals surface area (Å²) in [4.78, 5) is 27.6. The summed E-state index contributed by atoms with van der Waals surface area (Å²) in [6.45, 7) is -0.347.